The minimum Gasteiger partial charge on any atom is -0.478 e. The van der Waals surface area contributed by atoms with E-state index in [2.05, 4.69) is 4.98 Å². The summed E-state index contributed by atoms with van der Waals surface area (Å²) in [6, 6.07) is 3.18. The van der Waals surface area contributed by atoms with Crippen LogP contribution in [-0.4, -0.2) is 33.5 Å². The Balaban J connectivity index is 2.83. The van der Waals surface area contributed by atoms with E-state index in [9.17, 15) is 4.79 Å². The van der Waals surface area contributed by atoms with Gasteiger partial charge >= 0.3 is 5.97 Å². The number of aliphatic hydroxyl groups excluding tert-OH is 1. The molecule has 1 aromatic rings. The molecule has 76 valence electrons. The highest BCUT2D eigenvalue weighted by Crippen LogP contribution is 2.17. The number of carboxylic acid groups (broad SMARTS) is 1. The third-order valence-corrected chi connectivity index (χ3v) is 2.54. The molecule has 1 heterocycles. The van der Waals surface area contributed by atoms with E-state index in [4.69, 9.17) is 10.2 Å². The van der Waals surface area contributed by atoms with E-state index in [0.717, 1.165) is 5.03 Å². The Labute approximate surface area is 86.0 Å². The van der Waals surface area contributed by atoms with Crippen LogP contribution in [0.2, 0.25) is 0 Å². The first kappa shape index (κ1) is 11.0. The molecule has 0 amide bonds. The normalized spacial score (nSPS) is 10.1. The monoisotopic (exact) mass is 213 g/mol. The van der Waals surface area contributed by atoms with E-state index in [-0.39, 0.29) is 12.2 Å². The average molecular weight is 213 g/mol. The quantitative estimate of drug-likeness (QED) is 0.735. The van der Waals surface area contributed by atoms with E-state index in [1.165, 1.54) is 17.8 Å². The standard InChI is InChI=1S/C9H11NO3S/c1-6-7(9(12)13)2-3-8(10-6)14-5-4-11/h2-3,11H,4-5H2,1H3,(H,12,13). The van der Waals surface area contributed by atoms with Crippen LogP contribution in [-0.2, 0) is 0 Å². The van der Waals surface area contributed by atoms with Crippen molar-refractivity contribution in [1.29, 1.82) is 0 Å². The second-order valence-electron chi connectivity index (χ2n) is 2.66. The fourth-order valence-electron chi connectivity index (χ4n) is 0.995. The Hall–Kier alpha value is -1.07. The van der Waals surface area contributed by atoms with Crippen LogP contribution >= 0.6 is 11.8 Å². The van der Waals surface area contributed by atoms with Crippen LogP contribution in [0.15, 0.2) is 17.2 Å². The number of carboxylic acids is 1. The molecule has 0 aliphatic carbocycles. The van der Waals surface area contributed by atoms with Gasteiger partial charge in [-0.2, -0.15) is 0 Å². The van der Waals surface area contributed by atoms with E-state index in [0.29, 0.717) is 11.4 Å². The lowest BCUT2D eigenvalue weighted by Crippen LogP contribution is -2.02. The van der Waals surface area contributed by atoms with Crippen LogP contribution in [0.3, 0.4) is 0 Å². The van der Waals surface area contributed by atoms with Gasteiger partial charge < -0.3 is 10.2 Å². The third kappa shape index (κ3) is 2.71. The van der Waals surface area contributed by atoms with Gasteiger partial charge in [0.05, 0.1) is 22.9 Å². The summed E-state index contributed by atoms with van der Waals surface area (Å²) in [6.07, 6.45) is 0. The molecule has 14 heavy (non-hydrogen) atoms. The predicted octanol–water partition coefficient (Wildman–Crippen LogP) is 1.17. The largest absolute Gasteiger partial charge is 0.478 e. The van der Waals surface area contributed by atoms with E-state index >= 15 is 0 Å². The number of aromatic carboxylic acids is 1. The fourth-order valence-corrected chi connectivity index (χ4v) is 1.66. The molecule has 0 saturated carbocycles. The number of thioether (sulfide) groups is 1. The van der Waals surface area contributed by atoms with Gasteiger partial charge in [-0.1, -0.05) is 0 Å². The molecular formula is C9H11NO3S. The molecule has 0 atom stereocenters. The second kappa shape index (κ2) is 4.97. The molecule has 0 radical (unpaired) electrons. The minimum absolute atomic E-state index is 0.0894. The van der Waals surface area contributed by atoms with E-state index < -0.39 is 5.97 Å². The van der Waals surface area contributed by atoms with Crippen molar-refractivity contribution in [2.75, 3.05) is 12.4 Å². The number of carbonyl (C=O) groups is 1. The number of rotatable bonds is 4. The summed E-state index contributed by atoms with van der Waals surface area (Å²) in [4.78, 5) is 14.8. The van der Waals surface area contributed by atoms with Gasteiger partial charge in [0, 0.05) is 5.75 Å². The molecule has 5 heteroatoms. The number of hydrogen-bond donors (Lipinski definition) is 2. The minimum atomic E-state index is -0.964. The van der Waals surface area contributed by atoms with Crippen molar-refractivity contribution in [3.8, 4) is 0 Å². The molecule has 1 aromatic heterocycles. The Kier molecular flexibility index (Phi) is 3.91. The summed E-state index contributed by atoms with van der Waals surface area (Å²) in [6.45, 7) is 1.75. The van der Waals surface area contributed by atoms with Crippen LogP contribution in [0, 0.1) is 6.92 Å². The maximum absolute atomic E-state index is 10.7. The fraction of sp³-hybridized carbons (Fsp3) is 0.333. The maximum atomic E-state index is 10.7. The zero-order chi connectivity index (χ0) is 10.6. The number of hydrogen-bond acceptors (Lipinski definition) is 4. The molecule has 0 unspecified atom stereocenters. The number of aryl methyl sites for hydroxylation is 1. The van der Waals surface area contributed by atoms with Gasteiger partial charge in [-0.15, -0.1) is 11.8 Å². The molecule has 2 N–H and O–H groups in total. The topological polar surface area (TPSA) is 70.4 Å². The summed E-state index contributed by atoms with van der Waals surface area (Å²) in [5, 5.41) is 18.1. The molecule has 0 spiro atoms. The summed E-state index contributed by atoms with van der Waals surface area (Å²) in [7, 11) is 0. The Morgan fingerprint density at radius 1 is 1.57 bits per heavy atom. The summed E-state index contributed by atoms with van der Waals surface area (Å²) in [5.41, 5.74) is 0.721. The summed E-state index contributed by atoms with van der Waals surface area (Å²) < 4.78 is 0. The van der Waals surface area contributed by atoms with Crippen LogP contribution < -0.4 is 0 Å². The molecule has 0 aliphatic heterocycles. The van der Waals surface area contributed by atoms with Gasteiger partial charge in [-0.25, -0.2) is 9.78 Å². The van der Waals surface area contributed by atoms with E-state index in [1.54, 1.807) is 13.0 Å². The van der Waals surface area contributed by atoms with Crippen molar-refractivity contribution in [3.63, 3.8) is 0 Å². The first-order chi connectivity index (χ1) is 6.65. The Morgan fingerprint density at radius 3 is 2.79 bits per heavy atom. The third-order valence-electron chi connectivity index (χ3n) is 1.63. The lowest BCUT2D eigenvalue weighted by molar-refractivity contribution is 0.0695. The van der Waals surface area contributed by atoms with Crippen LogP contribution in [0.25, 0.3) is 0 Å². The highest BCUT2D eigenvalue weighted by atomic mass is 32.2. The zero-order valence-corrected chi connectivity index (χ0v) is 8.54. The lowest BCUT2D eigenvalue weighted by atomic mass is 10.2. The molecule has 0 bridgehead atoms. The van der Waals surface area contributed by atoms with Crippen LogP contribution in [0.1, 0.15) is 16.1 Å². The number of pyridine rings is 1. The summed E-state index contributed by atoms with van der Waals surface area (Å²) in [5.74, 6) is -0.396. The van der Waals surface area contributed by atoms with Gasteiger partial charge in [-0.05, 0) is 19.1 Å². The van der Waals surface area contributed by atoms with Crippen molar-refractivity contribution < 1.29 is 15.0 Å². The van der Waals surface area contributed by atoms with Gasteiger partial charge in [0.25, 0.3) is 0 Å². The molecule has 1 rings (SSSR count). The van der Waals surface area contributed by atoms with Crippen LogP contribution in [0.4, 0.5) is 0 Å². The number of nitrogens with zero attached hydrogens (tertiary/aromatic N) is 1. The van der Waals surface area contributed by atoms with Crippen molar-refractivity contribution in [1.82, 2.24) is 4.98 Å². The average Bonchev–Trinajstić information content (AvgIpc) is 2.14. The van der Waals surface area contributed by atoms with Crippen molar-refractivity contribution in [2.45, 2.75) is 11.9 Å². The second-order valence-corrected chi connectivity index (χ2v) is 3.77. The highest BCUT2D eigenvalue weighted by Gasteiger charge is 2.08. The molecule has 0 fully saturated rings. The number of aliphatic hydroxyl groups is 1. The smallest absolute Gasteiger partial charge is 0.337 e. The highest BCUT2D eigenvalue weighted by molar-refractivity contribution is 7.99. The van der Waals surface area contributed by atoms with Crippen molar-refractivity contribution >= 4 is 17.7 Å². The van der Waals surface area contributed by atoms with Gasteiger partial charge in [-0.3, -0.25) is 0 Å². The molecule has 0 aromatic carbocycles. The van der Waals surface area contributed by atoms with Crippen molar-refractivity contribution in [3.05, 3.63) is 23.4 Å². The zero-order valence-electron chi connectivity index (χ0n) is 7.73. The molecular weight excluding hydrogens is 202 g/mol. The molecule has 0 saturated heterocycles. The maximum Gasteiger partial charge on any atom is 0.337 e. The van der Waals surface area contributed by atoms with Crippen molar-refractivity contribution in [2.24, 2.45) is 0 Å². The first-order valence-electron chi connectivity index (χ1n) is 4.09. The van der Waals surface area contributed by atoms with Gasteiger partial charge in [0.2, 0.25) is 0 Å². The summed E-state index contributed by atoms with van der Waals surface area (Å²) >= 11 is 1.40. The van der Waals surface area contributed by atoms with Crippen LogP contribution in [0.5, 0.6) is 0 Å². The number of aromatic nitrogens is 1. The molecule has 0 aliphatic rings. The van der Waals surface area contributed by atoms with E-state index in [1.807, 2.05) is 0 Å². The van der Waals surface area contributed by atoms with Gasteiger partial charge in [0.15, 0.2) is 0 Å². The Morgan fingerprint density at radius 2 is 2.29 bits per heavy atom. The lowest BCUT2D eigenvalue weighted by Gasteiger charge is -2.02. The van der Waals surface area contributed by atoms with Gasteiger partial charge in [0.1, 0.15) is 0 Å². The molecule has 4 nitrogen and oxygen atoms in total. The Bertz CT molecular complexity index is 341. The first-order valence-corrected chi connectivity index (χ1v) is 5.08. The SMILES string of the molecule is Cc1nc(SCCO)ccc1C(=O)O. The predicted molar refractivity (Wildman–Crippen MR) is 53.7 cm³/mol.